The molecule has 4 aromatic rings. The van der Waals surface area contributed by atoms with Gasteiger partial charge in [-0.1, -0.05) is 30.3 Å². The van der Waals surface area contributed by atoms with Crippen molar-refractivity contribution in [3.05, 3.63) is 99.7 Å². The van der Waals surface area contributed by atoms with Gasteiger partial charge in [0.15, 0.2) is 11.5 Å². The standard InChI is InChI=1S/C28H25BrFN5O4/c1-16-24(27(36)34-21-10-6-7-11-22(21)37-2)25(35-28(33-16)31-15-32-35)18-12-19(29)26(23(13-18)38-3)39-14-17-8-4-5-9-20(17)30/h4-13,15,25H,14H2,1-3H3,(H,34,36)(H,31,32,33). The molecule has 0 saturated carbocycles. The fraction of sp³-hybridized carbons (Fsp3) is 0.179. The van der Waals surface area contributed by atoms with E-state index in [1.807, 2.05) is 18.2 Å². The number of ether oxygens (including phenoxy) is 3. The topological polar surface area (TPSA) is 99.5 Å². The van der Waals surface area contributed by atoms with Gasteiger partial charge in [-0.15, -0.1) is 0 Å². The maximum absolute atomic E-state index is 14.2. The number of allylic oxidation sites excluding steroid dienone is 1. The molecule has 5 rings (SSSR count). The molecule has 3 aromatic carbocycles. The minimum absolute atomic E-state index is 0.00707. The summed E-state index contributed by atoms with van der Waals surface area (Å²) in [5.74, 6) is 1.12. The van der Waals surface area contributed by atoms with Crippen molar-refractivity contribution < 1.29 is 23.4 Å². The number of hydrogen-bond donors (Lipinski definition) is 2. The molecule has 1 atom stereocenters. The van der Waals surface area contributed by atoms with Gasteiger partial charge >= 0.3 is 0 Å². The molecule has 0 spiro atoms. The third-order valence-corrected chi connectivity index (χ3v) is 6.88. The third kappa shape index (κ3) is 5.17. The average molecular weight is 594 g/mol. The maximum Gasteiger partial charge on any atom is 0.255 e. The number of benzene rings is 3. The van der Waals surface area contributed by atoms with Crippen LogP contribution >= 0.6 is 15.9 Å². The molecule has 2 heterocycles. The van der Waals surface area contributed by atoms with Crippen molar-refractivity contribution in [1.82, 2.24) is 14.8 Å². The first-order valence-corrected chi connectivity index (χ1v) is 12.8. The van der Waals surface area contributed by atoms with E-state index in [9.17, 15) is 9.18 Å². The van der Waals surface area contributed by atoms with E-state index in [4.69, 9.17) is 14.2 Å². The first-order valence-electron chi connectivity index (χ1n) is 12.0. The van der Waals surface area contributed by atoms with E-state index >= 15 is 0 Å². The van der Waals surface area contributed by atoms with Crippen LogP contribution in [0.3, 0.4) is 0 Å². The number of nitrogens with one attached hydrogen (secondary N) is 2. The minimum atomic E-state index is -0.649. The number of fused-ring (bicyclic) bond motifs is 1. The number of anilines is 2. The number of amides is 1. The van der Waals surface area contributed by atoms with Gasteiger partial charge in [-0.25, -0.2) is 9.07 Å². The highest BCUT2D eigenvalue weighted by Crippen LogP contribution is 2.43. The van der Waals surface area contributed by atoms with E-state index in [0.29, 0.717) is 55.8 Å². The van der Waals surface area contributed by atoms with Gasteiger partial charge in [0.2, 0.25) is 5.95 Å². The lowest BCUT2D eigenvalue weighted by atomic mass is 9.94. The predicted molar refractivity (Wildman–Crippen MR) is 148 cm³/mol. The Kier molecular flexibility index (Phi) is 7.51. The Morgan fingerprint density at radius 1 is 1.10 bits per heavy atom. The molecule has 0 aliphatic carbocycles. The largest absolute Gasteiger partial charge is 0.495 e. The Bertz CT molecular complexity index is 1570. The molecule has 1 aliphatic heterocycles. The number of carbonyl (C=O) groups is 1. The van der Waals surface area contributed by atoms with Crippen LogP contribution in [0, 0.1) is 5.82 Å². The first kappa shape index (κ1) is 26.2. The molecule has 1 aromatic heterocycles. The Hall–Kier alpha value is -4.38. The first-order chi connectivity index (χ1) is 18.9. The number of rotatable bonds is 8. The van der Waals surface area contributed by atoms with E-state index in [1.54, 1.807) is 55.1 Å². The molecule has 0 radical (unpaired) electrons. The maximum atomic E-state index is 14.2. The Morgan fingerprint density at radius 3 is 2.62 bits per heavy atom. The second kappa shape index (κ2) is 11.2. The normalized spacial score (nSPS) is 14.3. The number of aromatic nitrogens is 3. The second-order valence-electron chi connectivity index (χ2n) is 8.66. The van der Waals surface area contributed by atoms with Gasteiger partial charge in [-0.05, 0) is 58.7 Å². The van der Waals surface area contributed by atoms with E-state index < -0.39 is 6.04 Å². The predicted octanol–water partition coefficient (Wildman–Crippen LogP) is 5.70. The fourth-order valence-corrected chi connectivity index (χ4v) is 5.01. The zero-order chi connectivity index (χ0) is 27.5. The number of para-hydroxylation sites is 2. The molecule has 1 aliphatic rings. The zero-order valence-electron chi connectivity index (χ0n) is 21.4. The molecule has 9 nitrogen and oxygen atoms in total. The van der Waals surface area contributed by atoms with Crippen LogP contribution in [0.25, 0.3) is 0 Å². The number of hydrogen-bond acceptors (Lipinski definition) is 7. The summed E-state index contributed by atoms with van der Waals surface area (Å²) in [5.41, 5.74) is 2.67. The lowest BCUT2D eigenvalue weighted by Gasteiger charge is -2.29. The molecular formula is C28H25BrFN5O4. The number of methoxy groups -OCH3 is 2. The monoisotopic (exact) mass is 593 g/mol. The van der Waals surface area contributed by atoms with Crippen LogP contribution in [-0.4, -0.2) is 34.9 Å². The molecule has 39 heavy (non-hydrogen) atoms. The fourth-order valence-electron chi connectivity index (χ4n) is 4.43. The van der Waals surface area contributed by atoms with Crippen molar-refractivity contribution in [2.45, 2.75) is 19.6 Å². The van der Waals surface area contributed by atoms with Gasteiger partial charge < -0.3 is 24.8 Å². The van der Waals surface area contributed by atoms with Gasteiger partial charge in [-0.3, -0.25) is 4.79 Å². The average Bonchev–Trinajstić information content (AvgIpc) is 3.40. The lowest BCUT2D eigenvalue weighted by molar-refractivity contribution is -0.113. The van der Waals surface area contributed by atoms with E-state index in [-0.39, 0.29) is 18.3 Å². The Labute approximate surface area is 232 Å². The van der Waals surface area contributed by atoms with Gasteiger partial charge in [0.05, 0.1) is 30.0 Å². The SMILES string of the molecule is COc1ccccc1NC(=O)C1=C(C)Nc2ncnn2C1c1cc(Br)c(OCc2ccccc2F)c(OC)c1. The highest BCUT2D eigenvalue weighted by molar-refractivity contribution is 9.10. The molecule has 0 fully saturated rings. The van der Waals surface area contributed by atoms with Crippen LogP contribution in [0.4, 0.5) is 16.0 Å². The molecule has 0 bridgehead atoms. The summed E-state index contributed by atoms with van der Waals surface area (Å²) >= 11 is 3.58. The Morgan fingerprint density at radius 2 is 1.85 bits per heavy atom. The molecule has 11 heteroatoms. The van der Waals surface area contributed by atoms with Crippen molar-refractivity contribution in [3.63, 3.8) is 0 Å². The minimum Gasteiger partial charge on any atom is -0.495 e. The molecule has 2 N–H and O–H groups in total. The van der Waals surface area contributed by atoms with Crippen LogP contribution in [0.1, 0.15) is 24.1 Å². The van der Waals surface area contributed by atoms with Crippen LogP contribution in [0.2, 0.25) is 0 Å². The summed E-state index contributed by atoms with van der Waals surface area (Å²) in [6.07, 6.45) is 1.42. The van der Waals surface area contributed by atoms with Crippen molar-refractivity contribution in [1.29, 1.82) is 0 Å². The van der Waals surface area contributed by atoms with Gasteiger partial charge in [0.25, 0.3) is 5.91 Å². The van der Waals surface area contributed by atoms with Crippen molar-refractivity contribution in [3.8, 4) is 17.2 Å². The van der Waals surface area contributed by atoms with E-state index in [1.165, 1.54) is 19.5 Å². The molecule has 200 valence electrons. The zero-order valence-corrected chi connectivity index (χ0v) is 23.0. The summed E-state index contributed by atoms with van der Waals surface area (Å²) in [7, 11) is 3.06. The van der Waals surface area contributed by atoms with E-state index in [0.717, 1.165) is 0 Å². The highest BCUT2D eigenvalue weighted by Gasteiger charge is 2.35. The van der Waals surface area contributed by atoms with Gasteiger partial charge in [0.1, 0.15) is 30.5 Å². The number of nitrogens with zero attached hydrogens (tertiary/aromatic N) is 3. The van der Waals surface area contributed by atoms with Gasteiger partial charge in [0, 0.05) is 11.3 Å². The second-order valence-corrected chi connectivity index (χ2v) is 9.52. The third-order valence-electron chi connectivity index (χ3n) is 6.29. The van der Waals surface area contributed by atoms with Crippen LogP contribution in [-0.2, 0) is 11.4 Å². The van der Waals surface area contributed by atoms with Crippen molar-refractivity contribution in [2.24, 2.45) is 0 Å². The van der Waals surface area contributed by atoms with Crippen LogP contribution in [0.5, 0.6) is 17.2 Å². The Balaban J connectivity index is 1.53. The molecule has 1 unspecified atom stereocenters. The quantitative estimate of drug-likeness (QED) is 0.270. The molecule has 0 saturated heterocycles. The summed E-state index contributed by atoms with van der Waals surface area (Å²) < 4.78 is 33.4. The highest BCUT2D eigenvalue weighted by atomic mass is 79.9. The summed E-state index contributed by atoms with van der Waals surface area (Å²) in [6.45, 7) is 1.81. The summed E-state index contributed by atoms with van der Waals surface area (Å²) in [6, 6.07) is 16.5. The summed E-state index contributed by atoms with van der Waals surface area (Å²) in [5, 5.41) is 10.5. The van der Waals surface area contributed by atoms with Crippen molar-refractivity contribution in [2.75, 3.05) is 24.9 Å². The smallest absolute Gasteiger partial charge is 0.255 e. The lowest BCUT2D eigenvalue weighted by Crippen LogP contribution is -2.31. The van der Waals surface area contributed by atoms with Gasteiger partial charge in [-0.2, -0.15) is 10.1 Å². The number of carbonyl (C=O) groups excluding carboxylic acids is 1. The summed E-state index contributed by atoms with van der Waals surface area (Å²) in [4.78, 5) is 18.0. The van der Waals surface area contributed by atoms with Crippen molar-refractivity contribution >= 4 is 33.5 Å². The molecule has 1 amide bonds. The van der Waals surface area contributed by atoms with Crippen LogP contribution in [0.15, 0.2) is 82.7 Å². The van der Waals surface area contributed by atoms with Crippen LogP contribution < -0.4 is 24.8 Å². The number of halogens is 2. The van der Waals surface area contributed by atoms with E-state index in [2.05, 4.69) is 36.6 Å². The molecular weight excluding hydrogens is 569 g/mol.